The van der Waals surface area contributed by atoms with E-state index < -0.39 is 0 Å². The average molecular weight is 341 g/mol. The Labute approximate surface area is 147 Å². The predicted molar refractivity (Wildman–Crippen MR) is 98.5 cm³/mol. The van der Waals surface area contributed by atoms with Crippen LogP contribution in [0.15, 0.2) is 42.5 Å². The molecule has 2 aromatic rings. The number of nitrogens with two attached hydrogens (primary N) is 1. The van der Waals surface area contributed by atoms with E-state index in [4.69, 9.17) is 15.2 Å². The smallest absolute Gasteiger partial charge is 0.254 e. The van der Waals surface area contributed by atoms with Crippen LogP contribution in [0.25, 0.3) is 0 Å². The number of methoxy groups -OCH3 is 2. The maximum Gasteiger partial charge on any atom is 0.254 e. The molecule has 1 amide bonds. The fraction of sp³-hybridized carbons (Fsp3) is 0.316. The molecule has 0 saturated carbocycles. The van der Waals surface area contributed by atoms with Crippen LogP contribution in [0.1, 0.15) is 10.4 Å². The minimum Gasteiger partial charge on any atom is -0.497 e. The molecule has 25 heavy (non-hydrogen) atoms. The minimum atomic E-state index is 0.00346. The number of ether oxygens (including phenoxy) is 2. The monoisotopic (exact) mass is 341 g/mol. The van der Waals surface area contributed by atoms with Crippen LogP contribution < -0.4 is 20.1 Å². The quantitative estimate of drug-likeness (QED) is 0.864. The van der Waals surface area contributed by atoms with Gasteiger partial charge in [0.15, 0.2) is 0 Å². The van der Waals surface area contributed by atoms with E-state index in [1.807, 2.05) is 29.2 Å². The van der Waals surface area contributed by atoms with E-state index in [1.165, 1.54) is 0 Å². The fourth-order valence-electron chi connectivity index (χ4n) is 3.01. The number of nitrogens with zero attached hydrogens (tertiary/aromatic N) is 2. The summed E-state index contributed by atoms with van der Waals surface area (Å²) in [6.07, 6.45) is 0. The molecule has 1 fully saturated rings. The zero-order chi connectivity index (χ0) is 17.8. The summed E-state index contributed by atoms with van der Waals surface area (Å²) in [6, 6.07) is 13.2. The van der Waals surface area contributed by atoms with E-state index >= 15 is 0 Å². The van der Waals surface area contributed by atoms with Crippen LogP contribution in [0.5, 0.6) is 11.5 Å². The lowest BCUT2D eigenvalue weighted by molar-refractivity contribution is 0.0747. The van der Waals surface area contributed by atoms with Crippen molar-refractivity contribution in [3.63, 3.8) is 0 Å². The Morgan fingerprint density at radius 3 is 2.20 bits per heavy atom. The third-order valence-electron chi connectivity index (χ3n) is 4.48. The molecule has 2 N–H and O–H groups in total. The second-order valence-electron chi connectivity index (χ2n) is 5.93. The van der Waals surface area contributed by atoms with Gasteiger partial charge < -0.3 is 25.0 Å². The topological polar surface area (TPSA) is 68.0 Å². The largest absolute Gasteiger partial charge is 0.497 e. The summed E-state index contributed by atoms with van der Waals surface area (Å²) in [7, 11) is 3.22. The van der Waals surface area contributed by atoms with Gasteiger partial charge >= 0.3 is 0 Å². The average Bonchev–Trinajstić information content (AvgIpc) is 2.67. The lowest BCUT2D eigenvalue weighted by Gasteiger charge is -2.36. The summed E-state index contributed by atoms with van der Waals surface area (Å²) in [5.74, 6) is 1.43. The Hall–Kier alpha value is -2.89. The van der Waals surface area contributed by atoms with Gasteiger partial charge in [-0.3, -0.25) is 4.79 Å². The number of amides is 1. The predicted octanol–water partition coefficient (Wildman–Crippen LogP) is 2.25. The van der Waals surface area contributed by atoms with E-state index in [0.717, 1.165) is 24.5 Å². The number of carbonyl (C=O) groups excluding carboxylic acids is 1. The van der Waals surface area contributed by atoms with Crippen LogP contribution in [0.3, 0.4) is 0 Å². The summed E-state index contributed by atoms with van der Waals surface area (Å²) in [5, 5.41) is 0. The van der Waals surface area contributed by atoms with E-state index in [1.54, 1.807) is 32.4 Å². The van der Waals surface area contributed by atoms with Crippen LogP contribution in [-0.2, 0) is 0 Å². The fourth-order valence-corrected chi connectivity index (χ4v) is 3.01. The van der Waals surface area contributed by atoms with Gasteiger partial charge in [-0.15, -0.1) is 0 Å². The second-order valence-corrected chi connectivity index (χ2v) is 5.93. The van der Waals surface area contributed by atoms with Crippen molar-refractivity contribution in [2.75, 3.05) is 51.0 Å². The Kier molecular flexibility index (Phi) is 4.97. The van der Waals surface area contributed by atoms with Crippen LogP contribution in [0, 0.1) is 0 Å². The minimum absolute atomic E-state index is 0.00346. The molecule has 0 aliphatic carbocycles. The molecule has 6 heteroatoms. The number of carbonyl (C=O) groups is 1. The van der Waals surface area contributed by atoms with Gasteiger partial charge in [-0.2, -0.15) is 0 Å². The zero-order valence-electron chi connectivity index (χ0n) is 14.6. The summed E-state index contributed by atoms with van der Waals surface area (Å²) >= 11 is 0. The number of rotatable bonds is 4. The molecule has 1 aliphatic heterocycles. The molecule has 0 aromatic heterocycles. The summed E-state index contributed by atoms with van der Waals surface area (Å²) in [4.78, 5) is 16.8. The first-order valence-corrected chi connectivity index (χ1v) is 8.24. The number of benzene rings is 2. The van der Waals surface area contributed by atoms with Crippen molar-refractivity contribution < 1.29 is 14.3 Å². The molecular formula is C19H23N3O3. The number of hydrogen-bond acceptors (Lipinski definition) is 5. The maximum atomic E-state index is 12.7. The van der Waals surface area contributed by atoms with Gasteiger partial charge in [0.2, 0.25) is 0 Å². The molecule has 6 nitrogen and oxygen atoms in total. The molecular weight excluding hydrogens is 318 g/mol. The zero-order valence-corrected chi connectivity index (χ0v) is 14.6. The van der Waals surface area contributed by atoms with Gasteiger partial charge in [-0.1, -0.05) is 0 Å². The molecule has 0 spiro atoms. The van der Waals surface area contributed by atoms with Crippen molar-refractivity contribution >= 4 is 17.3 Å². The number of nitrogen functional groups attached to an aromatic ring is 1. The number of anilines is 2. The highest BCUT2D eigenvalue weighted by molar-refractivity contribution is 5.95. The summed E-state index contributed by atoms with van der Waals surface area (Å²) < 4.78 is 10.3. The highest BCUT2D eigenvalue weighted by Gasteiger charge is 2.22. The van der Waals surface area contributed by atoms with Crippen molar-refractivity contribution in [2.45, 2.75) is 0 Å². The van der Waals surface area contributed by atoms with Gasteiger partial charge in [0.05, 0.1) is 19.9 Å². The van der Waals surface area contributed by atoms with Crippen molar-refractivity contribution in [1.82, 2.24) is 4.90 Å². The number of piperazine rings is 1. The highest BCUT2D eigenvalue weighted by atomic mass is 16.5. The molecule has 0 radical (unpaired) electrons. The molecule has 0 bridgehead atoms. The Balaban J connectivity index is 1.63. The van der Waals surface area contributed by atoms with Gasteiger partial charge in [0, 0.05) is 37.4 Å². The van der Waals surface area contributed by atoms with Gasteiger partial charge in [-0.25, -0.2) is 0 Å². The maximum absolute atomic E-state index is 12.7. The first-order chi connectivity index (χ1) is 12.1. The molecule has 2 aromatic carbocycles. The third-order valence-corrected chi connectivity index (χ3v) is 4.48. The Morgan fingerprint density at radius 2 is 1.64 bits per heavy atom. The lowest BCUT2D eigenvalue weighted by Crippen LogP contribution is -2.48. The standard InChI is InChI=1S/C19H23N3O3/c1-24-16-6-4-15(5-7-16)21-9-11-22(12-10-21)19(23)14-3-8-18(25-2)17(20)13-14/h3-8,13H,9-12,20H2,1-2H3. The van der Waals surface area contributed by atoms with E-state index in [2.05, 4.69) is 4.90 Å². The molecule has 1 saturated heterocycles. The van der Waals surface area contributed by atoms with Crippen LogP contribution in [0.4, 0.5) is 11.4 Å². The van der Waals surface area contributed by atoms with Crippen LogP contribution in [0.2, 0.25) is 0 Å². The van der Waals surface area contributed by atoms with E-state index in [-0.39, 0.29) is 5.91 Å². The molecule has 1 heterocycles. The SMILES string of the molecule is COc1ccc(N2CCN(C(=O)c3ccc(OC)c(N)c3)CC2)cc1. The second kappa shape index (κ2) is 7.34. The van der Waals surface area contributed by atoms with Crippen LogP contribution in [-0.4, -0.2) is 51.2 Å². The number of hydrogen-bond donors (Lipinski definition) is 1. The first kappa shape index (κ1) is 17.0. The molecule has 132 valence electrons. The lowest BCUT2D eigenvalue weighted by atomic mass is 10.1. The first-order valence-electron chi connectivity index (χ1n) is 8.24. The normalized spacial score (nSPS) is 14.3. The van der Waals surface area contributed by atoms with Crippen LogP contribution >= 0.6 is 0 Å². The molecule has 0 unspecified atom stereocenters. The van der Waals surface area contributed by atoms with Crippen molar-refractivity contribution in [1.29, 1.82) is 0 Å². The van der Waals surface area contributed by atoms with Crippen molar-refractivity contribution in [3.05, 3.63) is 48.0 Å². The third kappa shape index (κ3) is 3.63. The van der Waals surface area contributed by atoms with Gasteiger partial charge in [0.25, 0.3) is 5.91 Å². The molecule has 3 rings (SSSR count). The van der Waals surface area contributed by atoms with Gasteiger partial charge in [0.1, 0.15) is 11.5 Å². The summed E-state index contributed by atoms with van der Waals surface area (Å²) in [5.41, 5.74) is 8.12. The highest BCUT2D eigenvalue weighted by Crippen LogP contribution is 2.24. The van der Waals surface area contributed by atoms with Crippen molar-refractivity contribution in [2.24, 2.45) is 0 Å². The summed E-state index contributed by atoms with van der Waals surface area (Å²) in [6.45, 7) is 2.95. The van der Waals surface area contributed by atoms with E-state index in [0.29, 0.717) is 30.1 Å². The molecule has 1 aliphatic rings. The van der Waals surface area contributed by atoms with E-state index in [9.17, 15) is 4.79 Å². The molecule has 0 atom stereocenters. The Bertz CT molecular complexity index is 738. The Morgan fingerprint density at radius 1 is 0.960 bits per heavy atom. The van der Waals surface area contributed by atoms with Gasteiger partial charge in [-0.05, 0) is 42.5 Å². The van der Waals surface area contributed by atoms with Crippen molar-refractivity contribution in [3.8, 4) is 11.5 Å².